The molecule has 1 N–H and O–H groups in total. The van der Waals surface area contributed by atoms with Crippen molar-refractivity contribution in [2.45, 2.75) is 0 Å². The van der Waals surface area contributed by atoms with Crippen LogP contribution in [-0.2, 0) is 0 Å². The summed E-state index contributed by atoms with van der Waals surface area (Å²) >= 11 is 5.90. The summed E-state index contributed by atoms with van der Waals surface area (Å²) < 4.78 is 5.68. The van der Waals surface area contributed by atoms with E-state index >= 15 is 0 Å². The van der Waals surface area contributed by atoms with Gasteiger partial charge in [-0.3, -0.25) is 4.79 Å². The van der Waals surface area contributed by atoms with Crippen LogP contribution >= 0.6 is 11.6 Å². The van der Waals surface area contributed by atoms with E-state index in [0.717, 1.165) is 0 Å². The predicted octanol–water partition coefficient (Wildman–Crippen LogP) is 3.81. The molecule has 0 spiro atoms. The lowest BCUT2D eigenvalue weighted by Crippen LogP contribution is -2.00. The Kier molecular flexibility index (Phi) is 3.23. The molecule has 0 atom stereocenters. The Balaban J connectivity index is 2.16. The van der Waals surface area contributed by atoms with E-state index in [0.29, 0.717) is 27.3 Å². The van der Waals surface area contributed by atoms with Gasteiger partial charge in [0.15, 0.2) is 5.43 Å². The zero-order chi connectivity index (χ0) is 15.0. The van der Waals surface area contributed by atoms with Crippen LogP contribution < -0.4 is 5.43 Å². The van der Waals surface area contributed by atoms with Crippen molar-refractivity contribution in [1.82, 2.24) is 0 Å². The van der Waals surface area contributed by atoms with Gasteiger partial charge in [0.1, 0.15) is 11.3 Å². The third-order valence-corrected chi connectivity index (χ3v) is 3.34. The zero-order valence-electron chi connectivity index (χ0n) is 10.7. The summed E-state index contributed by atoms with van der Waals surface area (Å²) in [4.78, 5) is 22.9. The quantitative estimate of drug-likeness (QED) is 0.781. The highest BCUT2D eigenvalue weighted by molar-refractivity contribution is 6.31. The average Bonchev–Trinajstić information content (AvgIpc) is 2.46. The molecule has 3 rings (SSSR count). The van der Waals surface area contributed by atoms with E-state index < -0.39 is 5.97 Å². The topological polar surface area (TPSA) is 67.5 Å². The smallest absolute Gasteiger partial charge is 0.335 e. The first-order valence-corrected chi connectivity index (χ1v) is 6.49. The van der Waals surface area contributed by atoms with E-state index in [2.05, 4.69) is 0 Å². The number of carboxylic acids is 1. The Morgan fingerprint density at radius 1 is 1.05 bits per heavy atom. The molecule has 2 aromatic carbocycles. The molecule has 0 saturated heterocycles. The predicted molar refractivity (Wildman–Crippen MR) is 79.9 cm³/mol. The molecule has 0 aliphatic carbocycles. The molecule has 1 aromatic heterocycles. The van der Waals surface area contributed by atoms with Crippen molar-refractivity contribution < 1.29 is 14.3 Å². The van der Waals surface area contributed by atoms with Gasteiger partial charge in [-0.25, -0.2) is 4.79 Å². The Hall–Kier alpha value is -2.59. The maximum Gasteiger partial charge on any atom is 0.335 e. The molecule has 4 nitrogen and oxygen atoms in total. The number of aromatic carboxylic acids is 1. The largest absolute Gasteiger partial charge is 0.478 e. The summed E-state index contributed by atoms with van der Waals surface area (Å²) in [5, 5.41) is 9.80. The van der Waals surface area contributed by atoms with E-state index in [1.165, 1.54) is 18.2 Å². The highest BCUT2D eigenvalue weighted by Crippen LogP contribution is 2.24. The molecule has 0 fully saturated rings. The number of carboxylic acid groups (broad SMARTS) is 1. The van der Waals surface area contributed by atoms with Gasteiger partial charge in [-0.1, -0.05) is 23.7 Å². The fourth-order valence-electron chi connectivity index (χ4n) is 2.05. The molecule has 0 radical (unpaired) electrons. The van der Waals surface area contributed by atoms with Crippen molar-refractivity contribution in [3.05, 3.63) is 69.3 Å². The number of benzene rings is 2. The molecule has 5 heteroatoms. The summed E-state index contributed by atoms with van der Waals surface area (Å²) in [6.07, 6.45) is 0. The first kappa shape index (κ1) is 13.4. The number of halogens is 1. The summed E-state index contributed by atoms with van der Waals surface area (Å²) in [5.74, 6) is -0.639. The number of rotatable bonds is 2. The SMILES string of the molecule is O=C(O)c1ccc(-c2cc(=O)c3ccc(Cl)cc3o2)cc1. The molecule has 0 aliphatic heterocycles. The van der Waals surface area contributed by atoms with Crippen molar-refractivity contribution in [2.24, 2.45) is 0 Å². The molecule has 0 bridgehead atoms. The molecular formula is C16H9ClO4. The van der Waals surface area contributed by atoms with Crippen LogP contribution in [0.15, 0.2) is 57.7 Å². The van der Waals surface area contributed by atoms with Crippen molar-refractivity contribution in [2.75, 3.05) is 0 Å². The first-order chi connectivity index (χ1) is 10.0. The lowest BCUT2D eigenvalue weighted by molar-refractivity contribution is 0.0697. The molecule has 21 heavy (non-hydrogen) atoms. The minimum atomic E-state index is -1.01. The average molecular weight is 301 g/mol. The van der Waals surface area contributed by atoms with E-state index in [1.54, 1.807) is 30.3 Å². The lowest BCUT2D eigenvalue weighted by atomic mass is 10.1. The van der Waals surface area contributed by atoms with Crippen molar-refractivity contribution in [3.63, 3.8) is 0 Å². The van der Waals surface area contributed by atoms with Crippen LogP contribution in [-0.4, -0.2) is 11.1 Å². The fraction of sp³-hybridized carbons (Fsp3) is 0. The molecule has 3 aromatic rings. The zero-order valence-corrected chi connectivity index (χ0v) is 11.4. The molecule has 0 aliphatic rings. The van der Waals surface area contributed by atoms with Gasteiger partial charge in [0.05, 0.1) is 10.9 Å². The minimum Gasteiger partial charge on any atom is -0.478 e. The minimum absolute atomic E-state index is 0.171. The normalized spacial score (nSPS) is 10.7. The summed E-state index contributed by atoms with van der Waals surface area (Å²) in [6, 6.07) is 12.3. The highest BCUT2D eigenvalue weighted by atomic mass is 35.5. The first-order valence-electron chi connectivity index (χ1n) is 6.12. The van der Waals surface area contributed by atoms with Crippen LogP contribution in [0.4, 0.5) is 0 Å². The van der Waals surface area contributed by atoms with Crippen LogP contribution in [0.5, 0.6) is 0 Å². The fourth-order valence-corrected chi connectivity index (χ4v) is 2.21. The second kappa shape index (κ2) is 5.07. The molecule has 0 unspecified atom stereocenters. The van der Waals surface area contributed by atoms with Gasteiger partial charge in [0, 0.05) is 22.7 Å². The number of carbonyl (C=O) groups is 1. The van der Waals surface area contributed by atoms with Crippen LogP contribution in [0.2, 0.25) is 5.02 Å². The summed E-state index contributed by atoms with van der Waals surface area (Å²) in [5.41, 5.74) is 1.02. The summed E-state index contributed by atoms with van der Waals surface area (Å²) in [6.45, 7) is 0. The number of hydrogen-bond acceptors (Lipinski definition) is 3. The highest BCUT2D eigenvalue weighted by Gasteiger charge is 2.09. The third kappa shape index (κ3) is 2.53. The second-order valence-electron chi connectivity index (χ2n) is 4.50. The Labute approximate surface area is 124 Å². The van der Waals surface area contributed by atoms with Crippen LogP contribution in [0, 0.1) is 0 Å². The van der Waals surface area contributed by atoms with Crippen LogP contribution in [0.1, 0.15) is 10.4 Å². The van der Waals surface area contributed by atoms with E-state index in [1.807, 2.05) is 0 Å². The maximum absolute atomic E-state index is 12.1. The molecule has 1 heterocycles. The standard InChI is InChI=1S/C16H9ClO4/c17-11-5-6-12-13(18)8-14(21-15(12)7-11)9-1-3-10(4-2-9)16(19)20/h1-8H,(H,19,20). The molecule has 0 amide bonds. The third-order valence-electron chi connectivity index (χ3n) is 3.11. The lowest BCUT2D eigenvalue weighted by Gasteiger charge is -2.04. The van der Waals surface area contributed by atoms with Crippen LogP contribution in [0.3, 0.4) is 0 Å². The van der Waals surface area contributed by atoms with E-state index in [9.17, 15) is 9.59 Å². The van der Waals surface area contributed by atoms with Gasteiger partial charge >= 0.3 is 5.97 Å². The van der Waals surface area contributed by atoms with Gasteiger partial charge in [0.2, 0.25) is 0 Å². The summed E-state index contributed by atoms with van der Waals surface area (Å²) in [7, 11) is 0. The number of fused-ring (bicyclic) bond motifs is 1. The monoisotopic (exact) mass is 300 g/mol. The van der Waals surface area contributed by atoms with Crippen molar-refractivity contribution in [3.8, 4) is 11.3 Å². The second-order valence-corrected chi connectivity index (χ2v) is 4.93. The Morgan fingerprint density at radius 3 is 2.43 bits per heavy atom. The molecular weight excluding hydrogens is 292 g/mol. The van der Waals surface area contributed by atoms with Crippen LogP contribution in [0.25, 0.3) is 22.3 Å². The van der Waals surface area contributed by atoms with Gasteiger partial charge in [0.25, 0.3) is 0 Å². The van der Waals surface area contributed by atoms with Gasteiger partial charge in [-0.05, 0) is 24.3 Å². The van der Waals surface area contributed by atoms with Gasteiger partial charge < -0.3 is 9.52 Å². The molecule has 104 valence electrons. The molecule has 0 saturated carbocycles. The van der Waals surface area contributed by atoms with Crippen molar-refractivity contribution >= 4 is 28.5 Å². The van der Waals surface area contributed by atoms with E-state index in [-0.39, 0.29) is 11.0 Å². The van der Waals surface area contributed by atoms with Gasteiger partial charge in [-0.15, -0.1) is 0 Å². The Bertz CT molecular complexity index is 894. The Morgan fingerprint density at radius 2 is 1.76 bits per heavy atom. The number of hydrogen-bond donors (Lipinski definition) is 1. The van der Waals surface area contributed by atoms with E-state index in [4.69, 9.17) is 21.1 Å². The maximum atomic E-state index is 12.1. The van der Waals surface area contributed by atoms with Crippen molar-refractivity contribution in [1.29, 1.82) is 0 Å². The van der Waals surface area contributed by atoms with Gasteiger partial charge in [-0.2, -0.15) is 0 Å².